The van der Waals surface area contributed by atoms with Crippen molar-refractivity contribution < 1.29 is 20.1 Å². The summed E-state index contributed by atoms with van der Waals surface area (Å²) in [7, 11) is 0. The van der Waals surface area contributed by atoms with Gasteiger partial charge in [-0.25, -0.2) is 4.98 Å². The van der Waals surface area contributed by atoms with Crippen LogP contribution in [0.5, 0.6) is 0 Å². The van der Waals surface area contributed by atoms with Crippen molar-refractivity contribution >= 4 is 33.0 Å². The summed E-state index contributed by atoms with van der Waals surface area (Å²) in [6, 6.07) is 0. The highest BCUT2D eigenvalue weighted by atomic mass is 79.9. The number of nitrogens with two attached hydrogens (primary N) is 1. The van der Waals surface area contributed by atoms with Crippen LogP contribution >= 0.6 is 15.9 Å². The van der Waals surface area contributed by atoms with Crippen molar-refractivity contribution in [1.82, 2.24) is 19.5 Å². The van der Waals surface area contributed by atoms with Crippen LogP contribution in [-0.4, -0.2) is 59.8 Å². The first kappa shape index (κ1) is 14.4. The Hall–Kier alpha value is -1.53. The van der Waals surface area contributed by atoms with Gasteiger partial charge >= 0.3 is 0 Å². The number of ether oxygens (including phenoxy) is 1. The lowest BCUT2D eigenvalue weighted by Gasteiger charge is -2.17. The molecular formula is C10H12BrN5O5. The van der Waals surface area contributed by atoms with Crippen LogP contribution in [0.1, 0.15) is 6.23 Å². The molecule has 1 saturated heterocycles. The first-order valence-corrected chi connectivity index (χ1v) is 6.79. The van der Waals surface area contributed by atoms with Crippen LogP contribution in [-0.2, 0) is 4.74 Å². The van der Waals surface area contributed by atoms with Gasteiger partial charge in [-0.1, -0.05) is 0 Å². The number of aromatic nitrogens is 4. The van der Waals surface area contributed by atoms with E-state index in [9.17, 15) is 15.0 Å². The van der Waals surface area contributed by atoms with E-state index in [0.29, 0.717) is 0 Å². The molecule has 1 unspecified atom stereocenters. The molecule has 2 aromatic rings. The molecule has 1 aliphatic heterocycles. The minimum absolute atomic E-state index is 0.00816. The number of fused-ring (bicyclic) bond motifs is 1. The standard InChI is InChI=1S/C10H12BrN5O5/c11-9-13-3-6(14-10(12)15-7(3)20)16(9)8-5(19)4(18)2(1-17)21-8/h2,4-5,8,17-19H,1H2,(H3,12,14,15,20)/t2-,4?,5+,8-/m1/s1. The Bertz CT molecular complexity index is 745. The number of aliphatic hydroxyl groups excluding tert-OH is 3. The van der Waals surface area contributed by atoms with Crippen molar-refractivity contribution in [1.29, 1.82) is 0 Å². The Kier molecular flexibility index (Phi) is 3.45. The predicted molar refractivity (Wildman–Crippen MR) is 73.3 cm³/mol. The summed E-state index contributed by atoms with van der Waals surface area (Å²) in [5.74, 6) is -0.118. The second-order valence-electron chi connectivity index (χ2n) is 4.60. The Balaban J connectivity index is 2.17. The van der Waals surface area contributed by atoms with Crippen molar-refractivity contribution in [2.24, 2.45) is 0 Å². The highest BCUT2D eigenvalue weighted by Gasteiger charge is 2.44. The van der Waals surface area contributed by atoms with Gasteiger partial charge in [-0.05, 0) is 15.9 Å². The normalized spacial score (nSPS) is 29.3. The summed E-state index contributed by atoms with van der Waals surface area (Å²) >= 11 is 3.15. The van der Waals surface area contributed by atoms with Crippen molar-refractivity contribution in [3.63, 3.8) is 0 Å². The number of aliphatic hydroxyl groups is 3. The molecule has 10 nitrogen and oxygen atoms in total. The van der Waals surface area contributed by atoms with Gasteiger partial charge in [0.1, 0.15) is 18.3 Å². The number of hydrogen-bond donors (Lipinski definition) is 5. The number of hydrogen-bond acceptors (Lipinski definition) is 8. The molecule has 21 heavy (non-hydrogen) atoms. The largest absolute Gasteiger partial charge is 0.394 e. The Morgan fingerprint density at radius 1 is 1.38 bits per heavy atom. The van der Waals surface area contributed by atoms with Crippen molar-refractivity contribution in [2.75, 3.05) is 12.3 Å². The minimum atomic E-state index is -1.32. The summed E-state index contributed by atoms with van der Waals surface area (Å²) in [5.41, 5.74) is 5.07. The van der Waals surface area contributed by atoms with E-state index >= 15 is 0 Å². The fourth-order valence-corrected chi connectivity index (χ4v) is 2.84. The molecule has 1 aliphatic rings. The Morgan fingerprint density at radius 3 is 2.71 bits per heavy atom. The van der Waals surface area contributed by atoms with Crippen LogP contribution in [0.3, 0.4) is 0 Å². The summed E-state index contributed by atoms with van der Waals surface area (Å²) in [4.78, 5) is 22.0. The van der Waals surface area contributed by atoms with E-state index in [1.54, 1.807) is 0 Å². The zero-order valence-corrected chi connectivity index (χ0v) is 12.1. The van der Waals surface area contributed by atoms with E-state index < -0.39 is 36.7 Å². The van der Waals surface area contributed by atoms with Crippen LogP contribution in [0.4, 0.5) is 5.95 Å². The summed E-state index contributed by atoms with van der Waals surface area (Å²) in [6.45, 7) is -0.463. The third kappa shape index (κ3) is 2.13. The van der Waals surface area contributed by atoms with E-state index in [1.165, 1.54) is 4.57 Å². The van der Waals surface area contributed by atoms with E-state index in [0.717, 1.165) is 0 Å². The molecule has 3 heterocycles. The second kappa shape index (κ2) is 5.03. The molecule has 114 valence electrons. The number of nitrogens with one attached hydrogen (secondary N) is 1. The zero-order valence-electron chi connectivity index (χ0n) is 10.5. The van der Waals surface area contributed by atoms with Crippen LogP contribution in [0.15, 0.2) is 9.53 Å². The van der Waals surface area contributed by atoms with Gasteiger partial charge in [-0.2, -0.15) is 4.98 Å². The smallest absolute Gasteiger partial charge is 0.280 e. The average molecular weight is 362 g/mol. The highest BCUT2D eigenvalue weighted by molar-refractivity contribution is 9.10. The first-order chi connectivity index (χ1) is 9.93. The molecule has 0 aromatic carbocycles. The van der Waals surface area contributed by atoms with E-state index in [4.69, 9.17) is 15.6 Å². The number of nitrogens with zero attached hydrogens (tertiary/aromatic N) is 3. The molecule has 0 radical (unpaired) electrons. The van der Waals surface area contributed by atoms with E-state index in [-0.39, 0.29) is 21.8 Å². The number of halogens is 1. The van der Waals surface area contributed by atoms with Crippen LogP contribution in [0, 0.1) is 0 Å². The van der Waals surface area contributed by atoms with Crippen LogP contribution in [0.25, 0.3) is 11.2 Å². The van der Waals surface area contributed by atoms with Gasteiger partial charge in [-0.15, -0.1) is 0 Å². The summed E-state index contributed by atoms with van der Waals surface area (Å²) in [5, 5.41) is 29.0. The van der Waals surface area contributed by atoms with Gasteiger partial charge in [0.05, 0.1) is 6.61 Å². The molecule has 0 saturated carbocycles. The molecule has 0 spiro atoms. The quantitative estimate of drug-likeness (QED) is 0.387. The SMILES string of the molecule is Nc1nc2c(nc(Br)n2[C@@H]2O[C@H](CO)C(O)[C@@H]2O)c(=O)[nH]1. The maximum absolute atomic E-state index is 11.8. The molecular weight excluding hydrogens is 350 g/mol. The summed E-state index contributed by atoms with van der Waals surface area (Å²) < 4.78 is 6.87. The molecule has 0 bridgehead atoms. The fraction of sp³-hybridized carbons (Fsp3) is 0.500. The average Bonchev–Trinajstić information content (AvgIpc) is 2.89. The molecule has 0 amide bonds. The molecule has 6 N–H and O–H groups in total. The van der Waals surface area contributed by atoms with Gasteiger partial charge in [0.15, 0.2) is 22.1 Å². The molecule has 0 aliphatic carbocycles. The number of aromatic amines is 1. The molecule has 11 heteroatoms. The summed E-state index contributed by atoms with van der Waals surface area (Å²) in [6.07, 6.45) is -4.61. The van der Waals surface area contributed by atoms with E-state index in [1.807, 2.05) is 0 Å². The van der Waals surface area contributed by atoms with Crippen molar-refractivity contribution in [3.05, 3.63) is 15.1 Å². The topological polar surface area (TPSA) is 160 Å². The van der Waals surface area contributed by atoms with Crippen molar-refractivity contribution in [3.8, 4) is 0 Å². The molecule has 2 aromatic heterocycles. The third-order valence-corrected chi connectivity index (χ3v) is 3.86. The van der Waals surface area contributed by atoms with Crippen LogP contribution in [0.2, 0.25) is 0 Å². The maximum atomic E-state index is 11.8. The first-order valence-electron chi connectivity index (χ1n) is 5.99. The van der Waals surface area contributed by atoms with Gasteiger partial charge in [0.2, 0.25) is 5.95 Å². The molecule has 1 fully saturated rings. The van der Waals surface area contributed by atoms with E-state index in [2.05, 4.69) is 30.9 Å². The lowest BCUT2D eigenvalue weighted by molar-refractivity contribution is -0.0521. The second-order valence-corrected chi connectivity index (χ2v) is 5.31. The third-order valence-electron chi connectivity index (χ3n) is 3.30. The highest BCUT2D eigenvalue weighted by Crippen LogP contribution is 2.33. The van der Waals surface area contributed by atoms with Gasteiger partial charge in [-0.3, -0.25) is 14.3 Å². The zero-order chi connectivity index (χ0) is 15.3. The Labute approximate surface area is 125 Å². The lowest BCUT2D eigenvalue weighted by Crippen LogP contribution is -2.33. The molecule has 4 atom stereocenters. The lowest BCUT2D eigenvalue weighted by atomic mass is 10.1. The van der Waals surface area contributed by atoms with Gasteiger partial charge < -0.3 is 25.8 Å². The predicted octanol–water partition coefficient (Wildman–Crippen LogP) is -1.92. The minimum Gasteiger partial charge on any atom is -0.394 e. The number of rotatable bonds is 2. The number of nitrogen functional groups attached to an aromatic ring is 1. The van der Waals surface area contributed by atoms with Gasteiger partial charge in [0.25, 0.3) is 5.56 Å². The van der Waals surface area contributed by atoms with Crippen LogP contribution < -0.4 is 11.3 Å². The number of imidazole rings is 1. The fourth-order valence-electron chi connectivity index (χ4n) is 2.29. The Morgan fingerprint density at radius 2 is 2.10 bits per heavy atom. The van der Waals surface area contributed by atoms with Crippen molar-refractivity contribution in [2.45, 2.75) is 24.5 Å². The number of anilines is 1. The maximum Gasteiger partial charge on any atom is 0.280 e. The molecule has 3 rings (SSSR count). The van der Waals surface area contributed by atoms with Gasteiger partial charge in [0, 0.05) is 0 Å². The monoisotopic (exact) mass is 361 g/mol. The number of H-pyrrole nitrogens is 1.